The summed E-state index contributed by atoms with van der Waals surface area (Å²) in [7, 11) is 0. The molecule has 1 unspecified atom stereocenters. The Morgan fingerprint density at radius 3 is 3.00 bits per heavy atom. The SMILES string of the molecule is C=CC(=O)Oc1ccc2c(OCC3CO3)cccc2c1. The minimum atomic E-state index is -0.470. The van der Waals surface area contributed by atoms with Crippen molar-refractivity contribution >= 4 is 16.7 Å². The summed E-state index contributed by atoms with van der Waals surface area (Å²) < 4.78 is 16.0. The van der Waals surface area contributed by atoms with Gasteiger partial charge in [0.05, 0.1) is 6.61 Å². The summed E-state index contributed by atoms with van der Waals surface area (Å²) in [5.41, 5.74) is 0. The number of rotatable bonds is 5. The number of carbonyl (C=O) groups excluding carboxylic acids is 1. The second kappa shape index (κ2) is 5.35. The van der Waals surface area contributed by atoms with Gasteiger partial charge in [-0.15, -0.1) is 0 Å². The molecule has 0 radical (unpaired) electrons. The van der Waals surface area contributed by atoms with Gasteiger partial charge >= 0.3 is 5.97 Å². The summed E-state index contributed by atoms with van der Waals surface area (Å²) >= 11 is 0. The minimum Gasteiger partial charge on any atom is -0.490 e. The molecule has 3 rings (SSSR count). The number of carbonyl (C=O) groups is 1. The summed E-state index contributed by atoms with van der Waals surface area (Å²) in [5.74, 6) is 0.826. The number of fused-ring (bicyclic) bond motifs is 1. The lowest BCUT2D eigenvalue weighted by Crippen LogP contribution is -2.04. The molecule has 0 bridgehead atoms. The van der Waals surface area contributed by atoms with Crippen molar-refractivity contribution in [3.63, 3.8) is 0 Å². The normalized spacial score (nSPS) is 16.7. The third-order valence-electron chi connectivity index (χ3n) is 3.02. The first kappa shape index (κ1) is 12.7. The number of epoxide rings is 1. The van der Waals surface area contributed by atoms with Crippen LogP contribution in [0.1, 0.15) is 0 Å². The van der Waals surface area contributed by atoms with E-state index in [1.54, 1.807) is 12.1 Å². The topological polar surface area (TPSA) is 48.1 Å². The number of ether oxygens (including phenoxy) is 3. The van der Waals surface area contributed by atoms with Crippen LogP contribution in [0.3, 0.4) is 0 Å². The molecular formula is C16H14O4. The zero-order chi connectivity index (χ0) is 13.9. The Morgan fingerprint density at radius 2 is 2.25 bits per heavy atom. The molecule has 0 N–H and O–H groups in total. The fraction of sp³-hybridized carbons (Fsp3) is 0.188. The third-order valence-corrected chi connectivity index (χ3v) is 3.02. The molecule has 4 heteroatoms. The van der Waals surface area contributed by atoms with Crippen LogP contribution in [-0.4, -0.2) is 25.3 Å². The molecule has 4 nitrogen and oxygen atoms in total. The van der Waals surface area contributed by atoms with Gasteiger partial charge in [0, 0.05) is 11.5 Å². The van der Waals surface area contributed by atoms with Crippen molar-refractivity contribution in [1.29, 1.82) is 0 Å². The average molecular weight is 270 g/mol. The Bertz CT molecular complexity index is 659. The molecule has 2 aromatic carbocycles. The maximum Gasteiger partial charge on any atom is 0.335 e. The Hall–Kier alpha value is -2.33. The number of esters is 1. The maximum absolute atomic E-state index is 11.2. The van der Waals surface area contributed by atoms with E-state index in [2.05, 4.69) is 6.58 Å². The van der Waals surface area contributed by atoms with Crippen LogP contribution < -0.4 is 9.47 Å². The van der Waals surface area contributed by atoms with Gasteiger partial charge in [-0.25, -0.2) is 4.79 Å². The zero-order valence-electron chi connectivity index (χ0n) is 10.9. The molecule has 0 saturated carbocycles. The molecule has 1 aliphatic heterocycles. The molecule has 1 aliphatic rings. The van der Waals surface area contributed by atoms with Crippen molar-refractivity contribution in [3.8, 4) is 11.5 Å². The molecule has 1 atom stereocenters. The van der Waals surface area contributed by atoms with Gasteiger partial charge in [-0.05, 0) is 29.7 Å². The lowest BCUT2D eigenvalue weighted by atomic mass is 10.1. The largest absolute Gasteiger partial charge is 0.490 e. The van der Waals surface area contributed by atoms with E-state index in [1.807, 2.05) is 24.3 Å². The van der Waals surface area contributed by atoms with E-state index >= 15 is 0 Å². The van der Waals surface area contributed by atoms with Gasteiger partial charge in [-0.2, -0.15) is 0 Å². The van der Waals surface area contributed by atoms with Crippen LogP contribution in [-0.2, 0) is 9.53 Å². The van der Waals surface area contributed by atoms with Gasteiger partial charge in [-0.1, -0.05) is 18.7 Å². The molecule has 2 aromatic rings. The second-order valence-corrected chi connectivity index (χ2v) is 4.53. The Morgan fingerprint density at radius 1 is 1.40 bits per heavy atom. The smallest absolute Gasteiger partial charge is 0.335 e. The summed E-state index contributed by atoms with van der Waals surface area (Å²) in [6.45, 7) is 4.71. The van der Waals surface area contributed by atoms with Crippen molar-refractivity contribution < 1.29 is 19.0 Å². The predicted octanol–water partition coefficient (Wildman–Crippen LogP) is 2.71. The molecule has 1 saturated heterocycles. The second-order valence-electron chi connectivity index (χ2n) is 4.53. The fourth-order valence-electron chi connectivity index (χ4n) is 1.93. The van der Waals surface area contributed by atoms with Crippen LogP contribution in [0, 0.1) is 0 Å². The molecule has 0 aliphatic carbocycles. The Labute approximate surface area is 116 Å². The molecule has 0 amide bonds. The molecule has 20 heavy (non-hydrogen) atoms. The van der Waals surface area contributed by atoms with Gasteiger partial charge in [0.15, 0.2) is 0 Å². The number of hydrogen-bond acceptors (Lipinski definition) is 4. The first-order chi connectivity index (χ1) is 9.76. The van der Waals surface area contributed by atoms with E-state index in [0.717, 1.165) is 29.2 Å². The van der Waals surface area contributed by atoms with Gasteiger partial charge in [0.2, 0.25) is 0 Å². The number of benzene rings is 2. The summed E-state index contributed by atoms with van der Waals surface area (Å²) in [4.78, 5) is 11.2. The van der Waals surface area contributed by atoms with Crippen molar-refractivity contribution in [2.24, 2.45) is 0 Å². The van der Waals surface area contributed by atoms with E-state index in [0.29, 0.717) is 12.4 Å². The van der Waals surface area contributed by atoms with Crippen molar-refractivity contribution in [2.75, 3.05) is 13.2 Å². The Kier molecular flexibility index (Phi) is 3.39. The maximum atomic E-state index is 11.2. The van der Waals surface area contributed by atoms with Crippen molar-refractivity contribution in [1.82, 2.24) is 0 Å². The van der Waals surface area contributed by atoms with Gasteiger partial charge in [0.25, 0.3) is 0 Å². The lowest BCUT2D eigenvalue weighted by Gasteiger charge is -2.09. The lowest BCUT2D eigenvalue weighted by molar-refractivity contribution is -0.128. The van der Waals surface area contributed by atoms with E-state index in [1.165, 1.54) is 0 Å². The summed E-state index contributed by atoms with van der Waals surface area (Å²) in [6.07, 6.45) is 1.36. The van der Waals surface area contributed by atoms with Crippen LogP contribution >= 0.6 is 0 Å². The van der Waals surface area contributed by atoms with Crippen molar-refractivity contribution in [2.45, 2.75) is 6.10 Å². The quantitative estimate of drug-likeness (QED) is 0.363. The van der Waals surface area contributed by atoms with Crippen LogP contribution in [0.5, 0.6) is 11.5 Å². The highest BCUT2D eigenvalue weighted by Gasteiger charge is 2.23. The highest BCUT2D eigenvalue weighted by molar-refractivity contribution is 5.90. The third kappa shape index (κ3) is 2.81. The zero-order valence-corrected chi connectivity index (χ0v) is 10.9. The highest BCUT2D eigenvalue weighted by atomic mass is 16.6. The monoisotopic (exact) mass is 270 g/mol. The molecule has 1 heterocycles. The first-order valence-corrected chi connectivity index (χ1v) is 6.38. The summed E-state index contributed by atoms with van der Waals surface area (Å²) in [5, 5.41) is 1.93. The molecule has 0 aromatic heterocycles. The van der Waals surface area contributed by atoms with E-state index in [9.17, 15) is 4.79 Å². The van der Waals surface area contributed by atoms with Crippen LogP contribution in [0.4, 0.5) is 0 Å². The standard InChI is InChI=1S/C16H14O4/c1-2-16(17)20-12-6-7-14-11(8-12)4-3-5-15(14)19-10-13-9-18-13/h2-8,13H,1,9-10H2. The molecule has 102 valence electrons. The average Bonchev–Trinajstić information content (AvgIpc) is 3.28. The number of hydrogen-bond donors (Lipinski definition) is 0. The highest BCUT2D eigenvalue weighted by Crippen LogP contribution is 2.29. The van der Waals surface area contributed by atoms with Gasteiger partial charge in [0.1, 0.15) is 24.2 Å². The van der Waals surface area contributed by atoms with Crippen molar-refractivity contribution in [3.05, 3.63) is 49.1 Å². The van der Waals surface area contributed by atoms with Crippen LogP contribution in [0.2, 0.25) is 0 Å². The minimum absolute atomic E-state index is 0.220. The molecule has 1 fully saturated rings. The fourth-order valence-corrected chi connectivity index (χ4v) is 1.93. The molecule has 0 spiro atoms. The van der Waals surface area contributed by atoms with Crippen LogP contribution in [0.25, 0.3) is 10.8 Å². The Balaban J connectivity index is 1.86. The van der Waals surface area contributed by atoms with Gasteiger partial charge in [-0.3, -0.25) is 0 Å². The molecular weight excluding hydrogens is 256 g/mol. The first-order valence-electron chi connectivity index (χ1n) is 6.38. The van der Waals surface area contributed by atoms with E-state index in [4.69, 9.17) is 14.2 Å². The summed E-state index contributed by atoms with van der Waals surface area (Å²) in [6, 6.07) is 11.2. The van der Waals surface area contributed by atoms with Gasteiger partial charge < -0.3 is 14.2 Å². The van der Waals surface area contributed by atoms with E-state index < -0.39 is 5.97 Å². The van der Waals surface area contributed by atoms with E-state index in [-0.39, 0.29) is 6.10 Å². The van der Waals surface area contributed by atoms with Crippen LogP contribution in [0.15, 0.2) is 49.1 Å². The predicted molar refractivity (Wildman–Crippen MR) is 75.0 cm³/mol.